The Morgan fingerprint density at radius 2 is 1.84 bits per heavy atom. The maximum Gasteiger partial charge on any atom is 0.387 e. The van der Waals surface area contributed by atoms with E-state index in [-0.39, 0.29) is 29.1 Å². The van der Waals surface area contributed by atoms with Crippen LogP contribution in [0.1, 0.15) is 31.1 Å². The molecular formula is C22H24F2N4O4. The highest BCUT2D eigenvalue weighted by Crippen LogP contribution is 2.30. The maximum absolute atomic E-state index is 12.5. The zero-order valence-corrected chi connectivity index (χ0v) is 18.1. The van der Waals surface area contributed by atoms with Gasteiger partial charge >= 0.3 is 6.61 Å². The van der Waals surface area contributed by atoms with Gasteiger partial charge in [-0.1, -0.05) is 12.1 Å². The van der Waals surface area contributed by atoms with E-state index in [2.05, 4.69) is 20.4 Å². The molecule has 2 aromatic carbocycles. The van der Waals surface area contributed by atoms with Crippen molar-refractivity contribution in [1.82, 2.24) is 14.9 Å². The maximum atomic E-state index is 12.5. The highest BCUT2D eigenvalue weighted by Gasteiger charge is 2.23. The first-order chi connectivity index (χ1) is 15.1. The first kappa shape index (κ1) is 23.0. The van der Waals surface area contributed by atoms with Gasteiger partial charge in [0.15, 0.2) is 11.5 Å². The Hall–Kier alpha value is -3.69. The third kappa shape index (κ3) is 5.13. The molecule has 2 amide bonds. The summed E-state index contributed by atoms with van der Waals surface area (Å²) in [5, 5.41) is 5.23. The summed E-state index contributed by atoms with van der Waals surface area (Å²) in [5.74, 6) is -0.901. The summed E-state index contributed by atoms with van der Waals surface area (Å²) in [6, 6.07) is 11.3. The number of nitrogens with zero attached hydrogens (tertiary/aromatic N) is 2. The summed E-state index contributed by atoms with van der Waals surface area (Å²) in [6.07, 6.45) is 0. The molecule has 3 aromatic rings. The van der Waals surface area contributed by atoms with Gasteiger partial charge < -0.3 is 19.4 Å². The molecule has 2 N–H and O–H groups in total. The number of carbonyl (C=O) groups is 2. The van der Waals surface area contributed by atoms with Gasteiger partial charge in [0.1, 0.15) is 0 Å². The summed E-state index contributed by atoms with van der Waals surface area (Å²) < 4.78 is 36.1. The van der Waals surface area contributed by atoms with Gasteiger partial charge in [0.2, 0.25) is 11.9 Å². The van der Waals surface area contributed by atoms with Crippen molar-refractivity contribution >= 4 is 28.8 Å². The first-order valence-corrected chi connectivity index (χ1v) is 9.79. The fraction of sp³-hybridized carbons (Fsp3) is 0.318. The van der Waals surface area contributed by atoms with Crippen LogP contribution < -0.4 is 20.1 Å². The third-order valence-electron chi connectivity index (χ3n) is 4.53. The molecule has 0 aliphatic heterocycles. The molecular weight excluding hydrogens is 422 g/mol. The number of fused-ring (bicyclic) bond motifs is 1. The lowest BCUT2D eigenvalue weighted by atomic mass is 10.1. The van der Waals surface area contributed by atoms with Crippen LogP contribution in [0.15, 0.2) is 42.5 Å². The number of anilines is 1. The minimum Gasteiger partial charge on any atom is -0.493 e. The molecule has 3 rings (SSSR count). The molecule has 170 valence electrons. The highest BCUT2D eigenvalue weighted by atomic mass is 19.3. The van der Waals surface area contributed by atoms with E-state index in [4.69, 9.17) is 4.74 Å². The number of benzene rings is 2. The topological polar surface area (TPSA) is 94.5 Å². The summed E-state index contributed by atoms with van der Waals surface area (Å²) >= 11 is 0. The number of alkyl halides is 2. The number of para-hydroxylation sites is 2. The van der Waals surface area contributed by atoms with Crippen molar-refractivity contribution in [3.05, 3.63) is 48.0 Å². The van der Waals surface area contributed by atoms with Gasteiger partial charge in [-0.3, -0.25) is 14.9 Å². The Kier molecular flexibility index (Phi) is 6.61. The van der Waals surface area contributed by atoms with Gasteiger partial charge in [-0.2, -0.15) is 8.78 Å². The molecule has 0 aliphatic carbocycles. The van der Waals surface area contributed by atoms with Gasteiger partial charge in [-0.25, -0.2) is 4.98 Å². The Balaban J connectivity index is 1.70. The van der Waals surface area contributed by atoms with Crippen molar-refractivity contribution in [2.45, 2.75) is 32.9 Å². The molecule has 0 fully saturated rings. The standard InChI is InChI=1S/C22H24F2N4O4/c1-22(2,3)28-15-8-6-5-7-14(15)26-21(28)27-18(29)12-25-19(30)13-9-10-16(32-20(23)24)17(11-13)31-4/h5-11,20H,12H2,1-4H3,(H,25,30)(H,26,27,29). The van der Waals surface area contributed by atoms with Crippen molar-refractivity contribution < 1.29 is 27.8 Å². The number of hydrogen-bond acceptors (Lipinski definition) is 5. The van der Waals surface area contributed by atoms with Crippen molar-refractivity contribution in [1.29, 1.82) is 0 Å². The number of ether oxygens (including phenoxy) is 2. The van der Waals surface area contributed by atoms with E-state index in [0.29, 0.717) is 5.95 Å². The van der Waals surface area contributed by atoms with Crippen LogP contribution in [0.2, 0.25) is 0 Å². The molecule has 0 saturated heterocycles. The van der Waals surface area contributed by atoms with E-state index in [1.165, 1.54) is 25.3 Å². The van der Waals surface area contributed by atoms with Crippen molar-refractivity contribution in [3.8, 4) is 11.5 Å². The van der Waals surface area contributed by atoms with E-state index in [0.717, 1.165) is 11.0 Å². The Morgan fingerprint density at radius 1 is 1.12 bits per heavy atom. The fourth-order valence-electron chi connectivity index (χ4n) is 3.22. The second kappa shape index (κ2) is 9.21. The number of amides is 2. The molecule has 0 spiro atoms. The Morgan fingerprint density at radius 3 is 2.50 bits per heavy atom. The van der Waals surface area contributed by atoms with Gasteiger partial charge in [0.05, 0.1) is 24.7 Å². The number of halogens is 2. The third-order valence-corrected chi connectivity index (χ3v) is 4.53. The summed E-state index contributed by atoms with van der Waals surface area (Å²) in [4.78, 5) is 29.4. The monoisotopic (exact) mass is 446 g/mol. The molecule has 0 saturated carbocycles. The lowest BCUT2D eigenvalue weighted by Gasteiger charge is -2.24. The molecule has 0 radical (unpaired) electrons. The lowest BCUT2D eigenvalue weighted by Crippen LogP contribution is -2.34. The average molecular weight is 446 g/mol. The van der Waals surface area contributed by atoms with Crippen LogP contribution in [0, 0.1) is 0 Å². The lowest BCUT2D eigenvalue weighted by molar-refractivity contribution is -0.115. The largest absolute Gasteiger partial charge is 0.493 e. The molecule has 0 aliphatic rings. The average Bonchev–Trinajstić information content (AvgIpc) is 3.10. The molecule has 0 bridgehead atoms. The van der Waals surface area contributed by atoms with Crippen LogP contribution in [0.25, 0.3) is 11.0 Å². The first-order valence-electron chi connectivity index (χ1n) is 9.79. The van der Waals surface area contributed by atoms with E-state index < -0.39 is 18.4 Å². The van der Waals surface area contributed by atoms with Crippen LogP contribution in [-0.2, 0) is 10.3 Å². The van der Waals surface area contributed by atoms with Gasteiger partial charge in [0, 0.05) is 11.1 Å². The SMILES string of the molecule is COc1cc(C(=O)NCC(=O)Nc2nc3ccccc3n2C(C)(C)C)ccc1OC(F)F. The van der Waals surface area contributed by atoms with Gasteiger partial charge in [-0.05, 0) is 51.1 Å². The fourth-order valence-corrected chi connectivity index (χ4v) is 3.22. The summed E-state index contributed by atoms with van der Waals surface area (Å²) in [6.45, 7) is 2.64. The van der Waals surface area contributed by atoms with Crippen molar-refractivity contribution in [2.24, 2.45) is 0 Å². The molecule has 0 atom stereocenters. The van der Waals surface area contributed by atoms with E-state index >= 15 is 0 Å². The smallest absolute Gasteiger partial charge is 0.387 e. The van der Waals surface area contributed by atoms with E-state index in [1.54, 1.807) is 0 Å². The summed E-state index contributed by atoms with van der Waals surface area (Å²) in [5.41, 5.74) is 1.39. The summed E-state index contributed by atoms with van der Waals surface area (Å²) in [7, 11) is 1.27. The molecule has 10 heteroatoms. The number of nitrogens with one attached hydrogen (secondary N) is 2. The van der Waals surface area contributed by atoms with Crippen LogP contribution in [0.3, 0.4) is 0 Å². The minimum absolute atomic E-state index is 0.0266. The molecule has 0 unspecified atom stereocenters. The number of hydrogen-bond donors (Lipinski definition) is 2. The zero-order chi connectivity index (χ0) is 23.5. The Bertz CT molecular complexity index is 1140. The van der Waals surface area contributed by atoms with Crippen LogP contribution in [0.5, 0.6) is 11.5 Å². The molecule has 1 aromatic heterocycles. The van der Waals surface area contributed by atoms with Crippen molar-refractivity contribution in [2.75, 3.05) is 19.0 Å². The van der Waals surface area contributed by atoms with E-state index in [9.17, 15) is 18.4 Å². The quantitative estimate of drug-likeness (QED) is 0.576. The number of imidazole rings is 1. The van der Waals surface area contributed by atoms with Crippen LogP contribution in [-0.4, -0.2) is 41.6 Å². The predicted molar refractivity (Wildman–Crippen MR) is 115 cm³/mol. The number of rotatable bonds is 7. The molecule has 32 heavy (non-hydrogen) atoms. The van der Waals surface area contributed by atoms with Gasteiger partial charge in [0.25, 0.3) is 5.91 Å². The van der Waals surface area contributed by atoms with E-state index in [1.807, 2.05) is 49.6 Å². The molecule has 8 nitrogen and oxygen atoms in total. The highest BCUT2D eigenvalue weighted by molar-refractivity contribution is 5.99. The zero-order valence-electron chi connectivity index (χ0n) is 18.1. The number of aromatic nitrogens is 2. The minimum atomic E-state index is -3.02. The number of methoxy groups -OCH3 is 1. The normalized spacial score (nSPS) is 11.5. The Labute approximate surface area is 183 Å². The van der Waals surface area contributed by atoms with Crippen LogP contribution in [0.4, 0.5) is 14.7 Å². The van der Waals surface area contributed by atoms with Gasteiger partial charge in [-0.15, -0.1) is 0 Å². The number of carbonyl (C=O) groups excluding carboxylic acids is 2. The molecule has 1 heterocycles. The second-order valence-corrected chi connectivity index (χ2v) is 7.91. The predicted octanol–water partition coefficient (Wildman–Crippen LogP) is 3.77. The van der Waals surface area contributed by atoms with Crippen molar-refractivity contribution in [3.63, 3.8) is 0 Å². The van der Waals surface area contributed by atoms with Crippen LogP contribution >= 0.6 is 0 Å². The second-order valence-electron chi connectivity index (χ2n) is 7.91.